The van der Waals surface area contributed by atoms with Gasteiger partial charge in [-0.25, -0.2) is 4.98 Å². The van der Waals surface area contributed by atoms with Gasteiger partial charge in [0.05, 0.1) is 23.7 Å². The molecule has 0 aromatic carbocycles. The third kappa shape index (κ3) is 2.27. The summed E-state index contributed by atoms with van der Waals surface area (Å²) in [5.41, 5.74) is 1.34. The highest BCUT2D eigenvalue weighted by atomic mass is 16.3. The molecule has 0 N–H and O–H groups in total. The Balaban J connectivity index is 1.67. The molecule has 0 saturated carbocycles. The van der Waals surface area contributed by atoms with Crippen LogP contribution in [0.15, 0.2) is 70.6 Å². The summed E-state index contributed by atoms with van der Waals surface area (Å²) < 4.78 is 8.48. The monoisotopic (exact) mass is 344 g/mol. The van der Waals surface area contributed by atoms with Crippen molar-refractivity contribution >= 4 is 16.7 Å². The van der Waals surface area contributed by atoms with Crippen molar-refractivity contribution in [3.05, 3.63) is 77.5 Å². The van der Waals surface area contributed by atoms with Crippen molar-refractivity contribution in [2.45, 2.75) is 6.54 Å². The summed E-state index contributed by atoms with van der Waals surface area (Å²) in [6.07, 6.45) is 8.21. The summed E-state index contributed by atoms with van der Waals surface area (Å²) >= 11 is 0. The Bertz CT molecular complexity index is 1270. The Morgan fingerprint density at radius 1 is 1.12 bits per heavy atom. The molecule has 5 rings (SSSR count). The number of rotatable bonds is 3. The van der Waals surface area contributed by atoms with E-state index in [-0.39, 0.29) is 5.56 Å². The fraction of sp³-hybridized carbons (Fsp3) is 0.0556. The first-order valence-electron chi connectivity index (χ1n) is 7.97. The minimum absolute atomic E-state index is 0.158. The summed E-state index contributed by atoms with van der Waals surface area (Å²) in [7, 11) is 0. The molecular weight excluding hydrogens is 332 g/mol. The van der Waals surface area contributed by atoms with Crippen LogP contribution in [0.25, 0.3) is 28.1 Å². The molecule has 0 aliphatic rings. The number of aromatic nitrogens is 6. The van der Waals surface area contributed by atoms with Crippen LogP contribution in [0.2, 0.25) is 0 Å². The molecule has 0 saturated heterocycles. The smallest absolute Gasteiger partial charge is 0.261 e. The van der Waals surface area contributed by atoms with Gasteiger partial charge in [-0.1, -0.05) is 0 Å². The summed E-state index contributed by atoms with van der Waals surface area (Å²) in [6.45, 7) is 0.361. The van der Waals surface area contributed by atoms with Gasteiger partial charge in [-0.3, -0.25) is 9.78 Å². The number of pyridine rings is 2. The van der Waals surface area contributed by atoms with Crippen LogP contribution in [0.3, 0.4) is 0 Å². The summed E-state index contributed by atoms with van der Waals surface area (Å²) in [4.78, 5) is 25.5. The van der Waals surface area contributed by atoms with E-state index in [0.29, 0.717) is 34.8 Å². The standard InChI is InChI=1S/C18H12N6O2/c25-17-14-10-20-18-21-16(12-3-6-19-7-4-12)22-24(18)15(14)5-8-23(17)11-13-2-1-9-26-13/h1-10H,11H2. The van der Waals surface area contributed by atoms with Gasteiger partial charge in [0.15, 0.2) is 5.82 Å². The van der Waals surface area contributed by atoms with E-state index in [1.54, 1.807) is 40.0 Å². The lowest BCUT2D eigenvalue weighted by Crippen LogP contribution is -2.20. The van der Waals surface area contributed by atoms with E-state index < -0.39 is 0 Å². The zero-order chi connectivity index (χ0) is 17.5. The van der Waals surface area contributed by atoms with Crippen molar-refractivity contribution in [3.63, 3.8) is 0 Å². The van der Waals surface area contributed by atoms with Crippen LogP contribution in [-0.2, 0) is 6.54 Å². The van der Waals surface area contributed by atoms with E-state index in [1.807, 2.05) is 24.3 Å². The summed E-state index contributed by atoms with van der Waals surface area (Å²) in [6, 6.07) is 9.11. The number of fused-ring (bicyclic) bond motifs is 3. The van der Waals surface area contributed by atoms with Crippen molar-refractivity contribution in [1.82, 2.24) is 29.1 Å². The quantitative estimate of drug-likeness (QED) is 0.498. The van der Waals surface area contributed by atoms with Gasteiger partial charge in [-0.2, -0.15) is 9.50 Å². The maximum atomic E-state index is 12.8. The molecule has 8 nitrogen and oxygen atoms in total. The predicted molar refractivity (Wildman–Crippen MR) is 93.6 cm³/mol. The molecule has 0 amide bonds. The van der Waals surface area contributed by atoms with Crippen LogP contribution in [0.5, 0.6) is 0 Å². The molecule has 5 aromatic heterocycles. The van der Waals surface area contributed by atoms with Gasteiger partial charge in [0, 0.05) is 30.4 Å². The number of nitrogens with zero attached hydrogens (tertiary/aromatic N) is 6. The van der Waals surface area contributed by atoms with Crippen molar-refractivity contribution in [3.8, 4) is 11.4 Å². The largest absolute Gasteiger partial charge is 0.467 e. The number of furan rings is 1. The topological polar surface area (TPSA) is 91.1 Å². The zero-order valence-corrected chi connectivity index (χ0v) is 13.5. The molecular formula is C18H12N6O2. The van der Waals surface area contributed by atoms with Crippen molar-refractivity contribution in [2.75, 3.05) is 0 Å². The minimum Gasteiger partial charge on any atom is -0.467 e. The van der Waals surface area contributed by atoms with E-state index >= 15 is 0 Å². The Morgan fingerprint density at radius 3 is 2.81 bits per heavy atom. The minimum atomic E-state index is -0.158. The SMILES string of the molecule is O=c1c2cnc3nc(-c4ccncc4)nn3c2ccn1Cc1ccco1. The first-order valence-corrected chi connectivity index (χ1v) is 7.97. The zero-order valence-electron chi connectivity index (χ0n) is 13.5. The Morgan fingerprint density at radius 2 is 2.00 bits per heavy atom. The van der Waals surface area contributed by atoms with E-state index in [1.165, 1.54) is 6.20 Å². The van der Waals surface area contributed by atoms with Crippen molar-refractivity contribution in [2.24, 2.45) is 0 Å². The third-order valence-electron chi connectivity index (χ3n) is 4.15. The average molecular weight is 344 g/mol. The van der Waals surface area contributed by atoms with Crippen LogP contribution in [-0.4, -0.2) is 29.1 Å². The van der Waals surface area contributed by atoms with Crippen LogP contribution in [0, 0.1) is 0 Å². The second-order valence-corrected chi connectivity index (χ2v) is 5.77. The molecule has 5 heterocycles. The normalized spacial score (nSPS) is 11.4. The molecule has 126 valence electrons. The molecule has 0 atom stereocenters. The fourth-order valence-electron chi connectivity index (χ4n) is 2.88. The van der Waals surface area contributed by atoms with E-state index in [4.69, 9.17) is 4.42 Å². The lowest BCUT2D eigenvalue weighted by Gasteiger charge is -2.05. The Labute approximate surface area is 146 Å². The molecule has 5 aromatic rings. The highest BCUT2D eigenvalue weighted by Crippen LogP contribution is 2.17. The van der Waals surface area contributed by atoms with Gasteiger partial charge in [-0.15, -0.1) is 5.10 Å². The first kappa shape index (κ1) is 14.5. The molecule has 0 fully saturated rings. The lowest BCUT2D eigenvalue weighted by molar-refractivity contribution is 0.490. The lowest BCUT2D eigenvalue weighted by atomic mass is 10.3. The fourth-order valence-corrected chi connectivity index (χ4v) is 2.88. The molecule has 0 bridgehead atoms. The summed E-state index contributed by atoms with van der Waals surface area (Å²) in [5.74, 6) is 1.68. The summed E-state index contributed by atoms with van der Waals surface area (Å²) in [5, 5.41) is 4.98. The highest BCUT2D eigenvalue weighted by Gasteiger charge is 2.13. The van der Waals surface area contributed by atoms with Gasteiger partial charge in [0.25, 0.3) is 11.3 Å². The van der Waals surface area contributed by atoms with Crippen LogP contribution < -0.4 is 5.56 Å². The van der Waals surface area contributed by atoms with E-state index in [9.17, 15) is 4.79 Å². The molecule has 0 aliphatic heterocycles. The first-order chi connectivity index (χ1) is 12.8. The molecule has 0 spiro atoms. The van der Waals surface area contributed by atoms with Crippen molar-refractivity contribution in [1.29, 1.82) is 0 Å². The highest BCUT2D eigenvalue weighted by molar-refractivity contribution is 5.79. The van der Waals surface area contributed by atoms with E-state index in [2.05, 4.69) is 20.1 Å². The average Bonchev–Trinajstić information content (AvgIpc) is 3.34. The maximum Gasteiger partial charge on any atom is 0.261 e. The molecule has 0 radical (unpaired) electrons. The van der Waals surface area contributed by atoms with Crippen LogP contribution in [0.4, 0.5) is 0 Å². The third-order valence-corrected chi connectivity index (χ3v) is 4.15. The molecule has 8 heteroatoms. The van der Waals surface area contributed by atoms with Crippen molar-refractivity contribution < 1.29 is 4.42 Å². The molecule has 0 aliphatic carbocycles. The number of hydrogen-bond donors (Lipinski definition) is 0. The van der Waals surface area contributed by atoms with Gasteiger partial charge in [0.2, 0.25) is 0 Å². The second-order valence-electron chi connectivity index (χ2n) is 5.77. The number of hydrogen-bond acceptors (Lipinski definition) is 6. The Kier molecular flexibility index (Phi) is 3.14. The predicted octanol–water partition coefficient (Wildman–Crippen LogP) is 2.14. The molecule has 0 unspecified atom stereocenters. The maximum absolute atomic E-state index is 12.8. The van der Waals surface area contributed by atoms with Gasteiger partial charge in [0.1, 0.15) is 5.76 Å². The van der Waals surface area contributed by atoms with Crippen LogP contribution in [0.1, 0.15) is 5.76 Å². The van der Waals surface area contributed by atoms with Gasteiger partial charge in [-0.05, 0) is 30.3 Å². The van der Waals surface area contributed by atoms with Gasteiger partial charge < -0.3 is 8.98 Å². The second kappa shape index (κ2) is 5.62. The van der Waals surface area contributed by atoms with Crippen LogP contribution >= 0.6 is 0 Å². The van der Waals surface area contributed by atoms with E-state index in [0.717, 1.165) is 5.56 Å². The molecule has 26 heavy (non-hydrogen) atoms. The Hall–Kier alpha value is -3.81. The van der Waals surface area contributed by atoms with Gasteiger partial charge >= 0.3 is 0 Å².